The summed E-state index contributed by atoms with van der Waals surface area (Å²) in [4.78, 5) is 11.6. The molecule has 1 heterocycles. The highest BCUT2D eigenvalue weighted by atomic mass is 32.2. The number of aliphatic carboxylic acids is 1. The van der Waals surface area contributed by atoms with Crippen molar-refractivity contribution in [3.05, 3.63) is 17.7 Å². The fraction of sp³-hybridized carbons (Fsp3) is 0.696. The van der Waals surface area contributed by atoms with Crippen LogP contribution in [0.25, 0.3) is 0 Å². The number of hydrogen-bond donors (Lipinski definition) is 1. The van der Waals surface area contributed by atoms with Gasteiger partial charge in [-0.05, 0) is 32.3 Å². The Morgan fingerprint density at radius 2 is 1.79 bits per heavy atom. The number of carboxylic acids is 1. The number of ether oxygens (including phenoxy) is 1. The minimum Gasteiger partial charge on any atom is -0.492 e. The molecule has 214 valence electrons. The van der Waals surface area contributed by atoms with Gasteiger partial charge >= 0.3 is 12.1 Å². The zero-order valence-electron chi connectivity index (χ0n) is 20.7. The smallest absolute Gasteiger partial charge is 0.420 e. The molecular weight excluding hydrogens is 549 g/mol. The van der Waals surface area contributed by atoms with Gasteiger partial charge in [0.05, 0.1) is 22.7 Å². The van der Waals surface area contributed by atoms with Crippen LogP contribution in [0, 0.1) is 11.8 Å². The number of halogens is 7. The normalized spacial score (nSPS) is 27.8. The number of rotatable bonds is 7. The Balaban J connectivity index is 1.86. The maximum atomic E-state index is 14.1. The van der Waals surface area contributed by atoms with E-state index in [1.165, 1.54) is 11.8 Å². The van der Waals surface area contributed by atoms with Crippen LogP contribution in [0.4, 0.5) is 36.4 Å². The number of carbonyl (C=O) groups is 1. The molecule has 0 aromatic heterocycles. The van der Waals surface area contributed by atoms with Gasteiger partial charge in [-0.25, -0.2) is 26.0 Å². The van der Waals surface area contributed by atoms with E-state index in [1.54, 1.807) is 0 Å². The number of hydrogen-bond acceptors (Lipinski definition) is 5. The van der Waals surface area contributed by atoms with Gasteiger partial charge in [0.2, 0.25) is 15.9 Å². The van der Waals surface area contributed by atoms with Crippen LogP contribution >= 0.6 is 0 Å². The fourth-order valence-corrected chi connectivity index (χ4v) is 7.04. The van der Waals surface area contributed by atoms with Crippen molar-refractivity contribution in [2.75, 3.05) is 25.1 Å². The third kappa shape index (κ3) is 5.15. The Bertz CT molecular complexity index is 1230. The molecule has 1 aliphatic heterocycles. The van der Waals surface area contributed by atoms with Crippen LogP contribution in [-0.4, -0.2) is 67.4 Å². The molecular formula is C23H27F7N2O5S. The van der Waals surface area contributed by atoms with Crippen molar-refractivity contribution in [3.8, 4) is 5.75 Å². The molecule has 15 heteroatoms. The van der Waals surface area contributed by atoms with Crippen molar-refractivity contribution < 1.29 is 53.8 Å². The summed E-state index contributed by atoms with van der Waals surface area (Å²) < 4.78 is 131. The molecule has 1 N–H and O–H groups in total. The molecule has 4 rings (SSSR count). The van der Waals surface area contributed by atoms with E-state index in [0.29, 0.717) is 19.1 Å². The van der Waals surface area contributed by atoms with Crippen LogP contribution in [0.15, 0.2) is 17.0 Å². The molecule has 3 aliphatic rings. The molecule has 1 aromatic carbocycles. The second-order valence-corrected chi connectivity index (χ2v) is 12.6. The summed E-state index contributed by atoms with van der Waals surface area (Å²) in [6.45, 7) is 0.803. The topological polar surface area (TPSA) is 87.2 Å². The average molecular weight is 577 g/mol. The molecule has 0 amide bonds. The largest absolute Gasteiger partial charge is 0.492 e. The Morgan fingerprint density at radius 3 is 2.29 bits per heavy atom. The molecule has 2 aliphatic carbocycles. The van der Waals surface area contributed by atoms with Crippen LogP contribution in [0.5, 0.6) is 5.75 Å². The first-order valence-corrected chi connectivity index (χ1v) is 13.2. The van der Waals surface area contributed by atoms with Crippen molar-refractivity contribution in [2.45, 2.75) is 74.0 Å². The standard InChI is InChI=1S/C23H27F7N2O5S/c1-12(19(33)34)10-37-17-5-18-16(4-15(17)23(28,29)30)32(14-8-22(26,27)9-14)11-21(31(3)38(18,35)36)7-13(21)6-20(2,24)25/h4-5,12-14H,6-11H2,1-3H3,(H,33,34)/t12-,13+,21?/m0/s1. The minimum atomic E-state index is -5.07. The Hall–Kier alpha value is -2.29. The minimum absolute atomic E-state index is 0.0224. The second kappa shape index (κ2) is 8.86. The number of alkyl halides is 7. The second-order valence-electron chi connectivity index (χ2n) is 10.7. The van der Waals surface area contributed by atoms with Gasteiger partial charge < -0.3 is 14.7 Å². The average Bonchev–Trinajstić information content (AvgIpc) is 3.43. The molecule has 1 unspecified atom stereocenters. The van der Waals surface area contributed by atoms with Crippen LogP contribution in [0.1, 0.15) is 45.1 Å². The lowest BCUT2D eigenvalue weighted by Crippen LogP contribution is -2.55. The maximum absolute atomic E-state index is 14.1. The van der Waals surface area contributed by atoms with E-state index < -0.39 is 105 Å². The molecule has 3 atom stereocenters. The lowest BCUT2D eigenvalue weighted by atomic mass is 9.85. The van der Waals surface area contributed by atoms with Gasteiger partial charge in [0.25, 0.3) is 5.92 Å². The first kappa shape index (κ1) is 28.7. The lowest BCUT2D eigenvalue weighted by molar-refractivity contribution is -0.142. The van der Waals surface area contributed by atoms with Crippen LogP contribution in [-0.2, 0) is 21.0 Å². The molecule has 7 nitrogen and oxygen atoms in total. The maximum Gasteiger partial charge on any atom is 0.420 e. The Labute approximate surface area is 214 Å². The Morgan fingerprint density at radius 1 is 1.18 bits per heavy atom. The third-order valence-corrected chi connectivity index (χ3v) is 9.58. The number of sulfonamides is 1. The van der Waals surface area contributed by atoms with Gasteiger partial charge in [0.15, 0.2) is 0 Å². The van der Waals surface area contributed by atoms with E-state index in [1.807, 2.05) is 0 Å². The molecule has 0 saturated heterocycles. The highest BCUT2D eigenvalue weighted by Gasteiger charge is 2.65. The number of likely N-dealkylation sites (N-methyl/N-ethyl adjacent to an activating group) is 1. The predicted molar refractivity (Wildman–Crippen MR) is 120 cm³/mol. The van der Waals surface area contributed by atoms with E-state index in [2.05, 4.69) is 0 Å². The zero-order chi connectivity index (χ0) is 28.6. The Kier molecular flexibility index (Phi) is 6.70. The summed E-state index contributed by atoms with van der Waals surface area (Å²) in [5.41, 5.74) is -3.32. The van der Waals surface area contributed by atoms with Gasteiger partial charge in [-0.2, -0.15) is 17.5 Å². The molecule has 38 heavy (non-hydrogen) atoms. The highest BCUT2D eigenvalue weighted by Crippen LogP contribution is 2.59. The van der Waals surface area contributed by atoms with Crippen molar-refractivity contribution in [1.82, 2.24) is 4.31 Å². The molecule has 1 aromatic rings. The first-order chi connectivity index (χ1) is 17.2. The third-order valence-electron chi connectivity index (χ3n) is 7.61. The van der Waals surface area contributed by atoms with Gasteiger partial charge in [0.1, 0.15) is 17.3 Å². The number of nitrogens with zero attached hydrogens (tertiary/aromatic N) is 2. The summed E-state index contributed by atoms with van der Waals surface area (Å²) in [6, 6.07) is 0.0984. The molecule has 2 saturated carbocycles. The van der Waals surface area contributed by atoms with E-state index >= 15 is 0 Å². The van der Waals surface area contributed by atoms with E-state index in [9.17, 15) is 43.9 Å². The number of anilines is 1. The summed E-state index contributed by atoms with van der Waals surface area (Å²) in [6.07, 6.45) is -7.26. The zero-order valence-corrected chi connectivity index (χ0v) is 21.5. The van der Waals surface area contributed by atoms with Gasteiger partial charge in [-0.3, -0.25) is 4.79 Å². The van der Waals surface area contributed by atoms with Crippen LogP contribution in [0.3, 0.4) is 0 Å². The van der Waals surface area contributed by atoms with E-state index in [-0.39, 0.29) is 13.0 Å². The molecule has 1 spiro atoms. The van der Waals surface area contributed by atoms with Gasteiger partial charge in [-0.15, -0.1) is 0 Å². The number of benzene rings is 1. The quantitative estimate of drug-likeness (QED) is 0.468. The van der Waals surface area contributed by atoms with Crippen molar-refractivity contribution in [3.63, 3.8) is 0 Å². The van der Waals surface area contributed by atoms with Crippen LogP contribution in [0.2, 0.25) is 0 Å². The number of carboxylic acid groups (broad SMARTS) is 1. The lowest BCUT2D eigenvalue weighted by Gasteiger charge is -2.45. The first-order valence-electron chi connectivity index (χ1n) is 11.8. The van der Waals surface area contributed by atoms with Crippen molar-refractivity contribution in [1.29, 1.82) is 0 Å². The highest BCUT2D eigenvalue weighted by molar-refractivity contribution is 7.89. The van der Waals surface area contributed by atoms with Crippen molar-refractivity contribution in [2.24, 2.45) is 11.8 Å². The fourth-order valence-electron chi connectivity index (χ4n) is 5.29. The monoisotopic (exact) mass is 576 g/mol. The van der Waals surface area contributed by atoms with Gasteiger partial charge in [0, 0.05) is 45.0 Å². The molecule has 0 radical (unpaired) electrons. The summed E-state index contributed by atoms with van der Waals surface area (Å²) in [5, 5.41) is 9.05. The molecule has 2 fully saturated rings. The van der Waals surface area contributed by atoms with Crippen LogP contribution < -0.4 is 9.64 Å². The van der Waals surface area contributed by atoms with Gasteiger partial charge in [-0.1, -0.05) is 0 Å². The van der Waals surface area contributed by atoms with E-state index in [0.717, 1.165) is 11.4 Å². The summed E-state index contributed by atoms with van der Waals surface area (Å²) >= 11 is 0. The predicted octanol–water partition coefficient (Wildman–Crippen LogP) is 4.85. The summed E-state index contributed by atoms with van der Waals surface area (Å²) in [7, 11) is -3.48. The SMILES string of the molecule is C[C@@H](COc1cc2c(cc1C(F)(F)F)N(C1CC(F)(F)C1)CC1(C[C@H]1CC(C)(F)F)N(C)S2(=O)=O)C(=O)O. The van der Waals surface area contributed by atoms with E-state index in [4.69, 9.17) is 9.84 Å². The number of fused-ring (bicyclic) bond motifs is 1. The van der Waals surface area contributed by atoms with Crippen molar-refractivity contribution >= 4 is 21.7 Å². The summed E-state index contributed by atoms with van der Waals surface area (Å²) in [5.74, 6) is -10.6. The molecule has 0 bridgehead atoms.